The molecule has 0 radical (unpaired) electrons. The van der Waals surface area contributed by atoms with Gasteiger partial charge < -0.3 is 9.47 Å². The number of hydrogen-bond donors (Lipinski definition) is 0. The summed E-state index contributed by atoms with van der Waals surface area (Å²) in [6, 6.07) is 0. The molecule has 3 heteroatoms. The minimum Gasteiger partial charge on any atom is -0.460 e. The number of carbonyl (C=O) groups is 1. The summed E-state index contributed by atoms with van der Waals surface area (Å²) in [5.74, 6) is -0.215. The van der Waals surface area contributed by atoms with Crippen molar-refractivity contribution >= 4 is 5.97 Å². The van der Waals surface area contributed by atoms with E-state index >= 15 is 0 Å². The van der Waals surface area contributed by atoms with Crippen LogP contribution in [0.3, 0.4) is 0 Å². The lowest BCUT2D eigenvalue weighted by molar-refractivity contribution is -0.155. The maximum atomic E-state index is 10.5. The number of esters is 1. The smallest absolute Gasteiger partial charge is 0.302 e. The second-order valence-electron chi connectivity index (χ2n) is 2.95. The van der Waals surface area contributed by atoms with E-state index < -0.39 is 0 Å². The van der Waals surface area contributed by atoms with Gasteiger partial charge in [-0.15, -0.1) is 0 Å². The average molecular weight is 158 g/mol. The fourth-order valence-electron chi connectivity index (χ4n) is 1.19. The third-order valence-electron chi connectivity index (χ3n) is 1.79. The van der Waals surface area contributed by atoms with Gasteiger partial charge in [-0.3, -0.25) is 4.79 Å². The molecule has 0 spiro atoms. The van der Waals surface area contributed by atoms with E-state index in [2.05, 4.69) is 0 Å². The van der Waals surface area contributed by atoms with Crippen LogP contribution < -0.4 is 0 Å². The van der Waals surface area contributed by atoms with Crippen LogP contribution in [0.5, 0.6) is 0 Å². The highest BCUT2D eigenvalue weighted by Gasteiger charge is 2.20. The molecule has 2 unspecified atom stereocenters. The van der Waals surface area contributed by atoms with E-state index in [1.54, 1.807) is 0 Å². The lowest BCUT2D eigenvalue weighted by Crippen LogP contribution is -2.30. The first-order chi connectivity index (χ1) is 5.18. The number of hydrogen-bond acceptors (Lipinski definition) is 3. The first-order valence-corrected chi connectivity index (χ1v) is 3.97. The molecule has 0 amide bonds. The van der Waals surface area contributed by atoms with Gasteiger partial charge in [0.1, 0.15) is 6.10 Å². The van der Waals surface area contributed by atoms with E-state index in [0.29, 0.717) is 12.7 Å². The Balaban J connectivity index is 2.22. The minimum absolute atomic E-state index is 0.0105. The Morgan fingerprint density at radius 3 is 2.73 bits per heavy atom. The molecule has 0 aromatic heterocycles. The van der Waals surface area contributed by atoms with Crippen LogP contribution in [0.1, 0.15) is 26.7 Å². The van der Waals surface area contributed by atoms with E-state index in [9.17, 15) is 4.79 Å². The third kappa shape index (κ3) is 2.89. The van der Waals surface area contributed by atoms with Gasteiger partial charge in [-0.05, 0) is 19.8 Å². The quantitative estimate of drug-likeness (QED) is 0.536. The van der Waals surface area contributed by atoms with Gasteiger partial charge in [-0.1, -0.05) is 0 Å². The minimum atomic E-state index is -0.215. The predicted molar refractivity (Wildman–Crippen MR) is 40.2 cm³/mol. The average Bonchev–Trinajstić information content (AvgIpc) is 1.93. The standard InChI is InChI=1S/C8H14O3/c1-6-3-4-8(5-10-6)11-7(2)9/h6,8H,3-5H2,1-2H3. The first-order valence-electron chi connectivity index (χ1n) is 3.97. The molecule has 1 heterocycles. The van der Waals surface area contributed by atoms with Crippen molar-refractivity contribution < 1.29 is 14.3 Å². The van der Waals surface area contributed by atoms with Crippen molar-refractivity contribution in [3.63, 3.8) is 0 Å². The topological polar surface area (TPSA) is 35.5 Å². The Morgan fingerprint density at radius 2 is 2.27 bits per heavy atom. The number of rotatable bonds is 1. The summed E-state index contributed by atoms with van der Waals surface area (Å²) in [6.07, 6.45) is 2.23. The van der Waals surface area contributed by atoms with E-state index in [-0.39, 0.29) is 12.1 Å². The lowest BCUT2D eigenvalue weighted by atomic mass is 10.1. The van der Waals surface area contributed by atoms with Crippen molar-refractivity contribution in [1.29, 1.82) is 0 Å². The summed E-state index contributed by atoms with van der Waals surface area (Å²) in [7, 11) is 0. The summed E-state index contributed by atoms with van der Waals surface area (Å²) in [5, 5.41) is 0. The Bertz CT molecular complexity index is 136. The van der Waals surface area contributed by atoms with Gasteiger partial charge in [-0.2, -0.15) is 0 Å². The maximum Gasteiger partial charge on any atom is 0.302 e. The SMILES string of the molecule is CC(=O)OC1CCC(C)OC1. The highest BCUT2D eigenvalue weighted by atomic mass is 16.6. The summed E-state index contributed by atoms with van der Waals surface area (Å²) >= 11 is 0. The van der Waals surface area contributed by atoms with Crippen molar-refractivity contribution in [2.24, 2.45) is 0 Å². The van der Waals surface area contributed by atoms with E-state index in [1.165, 1.54) is 6.92 Å². The molecule has 0 N–H and O–H groups in total. The molecule has 0 aromatic carbocycles. The largest absolute Gasteiger partial charge is 0.460 e. The van der Waals surface area contributed by atoms with Gasteiger partial charge in [0, 0.05) is 6.92 Å². The van der Waals surface area contributed by atoms with Gasteiger partial charge in [0.25, 0.3) is 0 Å². The van der Waals surface area contributed by atoms with E-state index in [0.717, 1.165) is 12.8 Å². The van der Waals surface area contributed by atoms with E-state index in [4.69, 9.17) is 9.47 Å². The van der Waals surface area contributed by atoms with Crippen LogP contribution in [0.2, 0.25) is 0 Å². The second-order valence-corrected chi connectivity index (χ2v) is 2.95. The molecule has 1 rings (SSSR count). The molecule has 1 fully saturated rings. The number of ether oxygens (including phenoxy) is 2. The zero-order chi connectivity index (χ0) is 8.27. The highest BCUT2D eigenvalue weighted by Crippen LogP contribution is 2.15. The summed E-state index contributed by atoms with van der Waals surface area (Å²) in [5.41, 5.74) is 0. The Morgan fingerprint density at radius 1 is 1.55 bits per heavy atom. The zero-order valence-electron chi connectivity index (χ0n) is 7.00. The normalized spacial score (nSPS) is 31.5. The summed E-state index contributed by atoms with van der Waals surface area (Å²) < 4.78 is 10.3. The van der Waals surface area contributed by atoms with Crippen molar-refractivity contribution in [3.05, 3.63) is 0 Å². The second kappa shape index (κ2) is 3.72. The van der Waals surface area contributed by atoms with Crippen LogP contribution in [-0.4, -0.2) is 24.8 Å². The first kappa shape index (κ1) is 8.53. The van der Waals surface area contributed by atoms with Gasteiger partial charge in [0.05, 0.1) is 12.7 Å². The Kier molecular flexibility index (Phi) is 2.88. The van der Waals surface area contributed by atoms with Crippen LogP contribution >= 0.6 is 0 Å². The van der Waals surface area contributed by atoms with Crippen molar-refractivity contribution in [1.82, 2.24) is 0 Å². The fraction of sp³-hybridized carbons (Fsp3) is 0.875. The molecular weight excluding hydrogens is 144 g/mol. The molecule has 0 aliphatic carbocycles. The summed E-state index contributed by atoms with van der Waals surface area (Å²) in [4.78, 5) is 10.5. The highest BCUT2D eigenvalue weighted by molar-refractivity contribution is 5.66. The van der Waals surface area contributed by atoms with Gasteiger partial charge in [0.15, 0.2) is 0 Å². The molecule has 2 atom stereocenters. The van der Waals surface area contributed by atoms with Gasteiger partial charge >= 0.3 is 5.97 Å². The third-order valence-corrected chi connectivity index (χ3v) is 1.79. The zero-order valence-corrected chi connectivity index (χ0v) is 7.00. The van der Waals surface area contributed by atoms with Crippen molar-refractivity contribution in [2.45, 2.75) is 38.9 Å². The summed E-state index contributed by atoms with van der Waals surface area (Å²) in [6.45, 7) is 4.02. The van der Waals surface area contributed by atoms with Crippen LogP contribution in [0, 0.1) is 0 Å². The Labute approximate surface area is 66.7 Å². The molecule has 1 saturated heterocycles. The maximum absolute atomic E-state index is 10.5. The Hall–Kier alpha value is -0.570. The number of carbonyl (C=O) groups excluding carboxylic acids is 1. The van der Waals surface area contributed by atoms with Crippen molar-refractivity contribution in [3.8, 4) is 0 Å². The molecule has 3 nitrogen and oxygen atoms in total. The van der Waals surface area contributed by atoms with E-state index in [1.807, 2.05) is 6.92 Å². The van der Waals surface area contributed by atoms with Crippen LogP contribution in [0.15, 0.2) is 0 Å². The molecule has 1 aliphatic rings. The van der Waals surface area contributed by atoms with Crippen LogP contribution in [-0.2, 0) is 14.3 Å². The molecule has 64 valence electrons. The predicted octanol–water partition coefficient (Wildman–Crippen LogP) is 1.12. The van der Waals surface area contributed by atoms with Gasteiger partial charge in [-0.25, -0.2) is 0 Å². The fourth-order valence-corrected chi connectivity index (χ4v) is 1.19. The van der Waals surface area contributed by atoms with Crippen LogP contribution in [0.25, 0.3) is 0 Å². The van der Waals surface area contributed by atoms with Crippen molar-refractivity contribution in [2.75, 3.05) is 6.61 Å². The molecular formula is C8H14O3. The molecule has 1 aliphatic heterocycles. The lowest BCUT2D eigenvalue weighted by Gasteiger charge is -2.26. The van der Waals surface area contributed by atoms with Gasteiger partial charge in [0.2, 0.25) is 0 Å². The van der Waals surface area contributed by atoms with Crippen LogP contribution in [0.4, 0.5) is 0 Å². The monoisotopic (exact) mass is 158 g/mol. The molecule has 11 heavy (non-hydrogen) atoms. The molecule has 0 aromatic rings. The molecule has 0 saturated carbocycles. The molecule has 0 bridgehead atoms.